The summed E-state index contributed by atoms with van der Waals surface area (Å²) in [6, 6.07) is 0. The van der Waals surface area contributed by atoms with Crippen molar-refractivity contribution in [1.29, 1.82) is 0 Å². The number of nitrogens with zero attached hydrogens (tertiary/aromatic N) is 1. The van der Waals surface area contributed by atoms with E-state index in [0.29, 0.717) is 31.2 Å². The van der Waals surface area contributed by atoms with Gasteiger partial charge in [0.25, 0.3) is 0 Å². The summed E-state index contributed by atoms with van der Waals surface area (Å²) in [5, 5.41) is 3.64. The van der Waals surface area contributed by atoms with Gasteiger partial charge in [0.2, 0.25) is 5.91 Å². The lowest BCUT2D eigenvalue weighted by Crippen LogP contribution is -2.54. The molecule has 6 heteroatoms. The van der Waals surface area contributed by atoms with Crippen molar-refractivity contribution in [3.63, 3.8) is 0 Å². The second kappa shape index (κ2) is 6.02. The van der Waals surface area contributed by atoms with Crippen molar-refractivity contribution in [2.24, 2.45) is 11.7 Å². The van der Waals surface area contributed by atoms with Crippen LogP contribution in [0.15, 0.2) is 0 Å². The predicted molar refractivity (Wildman–Crippen MR) is 83.5 cm³/mol. The van der Waals surface area contributed by atoms with E-state index in [-0.39, 0.29) is 5.91 Å². The Hall–Kier alpha value is -0.980. The van der Waals surface area contributed by atoms with Crippen LogP contribution in [0.25, 0.3) is 0 Å². The molecular weight excluding hydrogens is 286 g/mol. The van der Waals surface area contributed by atoms with Crippen LogP contribution in [0.1, 0.15) is 43.2 Å². The van der Waals surface area contributed by atoms with Crippen LogP contribution in [0.4, 0.5) is 5.13 Å². The van der Waals surface area contributed by atoms with Crippen LogP contribution in [0.2, 0.25) is 0 Å². The summed E-state index contributed by atoms with van der Waals surface area (Å²) < 4.78 is 5.28. The van der Waals surface area contributed by atoms with Crippen molar-refractivity contribution in [1.82, 2.24) is 4.98 Å². The van der Waals surface area contributed by atoms with Crippen molar-refractivity contribution in [2.45, 2.75) is 51.0 Å². The standard InChI is InChI=1S/C15H23N3O2S/c1-2-10-3-4-11-12(9-10)21-14(17-11)18-13(19)15(16)5-7-20-8-6-15/h10H,2-9,16H2,1H3,(H,17,18,19). The molecule has 2 heterocycles. The van der Waals surface area contributed by atoms with E-state index in [0.717, 1.165) is 24.5 Å². The van der Waals surface area contributed by atoms with Gasteiger partial charge in [-0.15, -0.1) is 11.3 Å². The first kappa shape index (κ1) is 14.9. The molecule has 116 valence electrons. The number of thiazole rings is 1. The van der Waals surface area contributed by atoms with Crippen molar-refractivity contribution in [2.75, 3.05) is 18.5 Å². The third kappa shape index (κ3) is 3.12. The van der Waals surface area contributed by atoms with E-state index >= 15 is 0 Å². The summed E-state index contributed by atoms with van der Waals surface area (Å²) in [5.74, 6) is 0.641. The number of nitrogens with one attached hydrogen (secondary N) is 1. The van der Waals surface area contributed by atoms with Crippen LogP contribution < -0.4 is 11.1 Å². The molecular formula is C15H23N3O2S. The largest absolute Gasteiger partial charge is 0.381 e. The molecule has 0 spiro atoms. The number of ether oxygens (including phenoxy) is 1. The number of nitrogens with two attached hydrogens (primary N) is 1. The van der Waals surface area contributed by atoms with Crippen molar-refractivity contribution in [3.05, 3.63) is 10.6 Å². The van der Waals surface area contributed by atoms with Gasteiger partial charge in [0.05, 0.1) is 5.69 Å². The minimum atomic E-state index is -0.809. The molecule has 0 saturated carbocycles. The second-order valence-electron chi connectivity index (χ2n) is 6.13. The van der Waals surface area contributed by atoms with E-state index in [1.54, 1.807) is 11.3 Å². The summed E-state index contributed by atoms with van der Waals surface area (Å²) >= 11 is 1.62. The first-order valence-electron chi connectivity index (χ1n) is 7.77. The molecule has 1 saturated heterocycles. The number of rotatable bonds is 3. The molecule has 21 heavy (non-hydrogen) atoms. The molecule has 1 amide bonds. The van der Waals surface area contributed by atoms with E-state index in [4.69, 9.17) is 10.5 Å². The zero-order chi connectivity index (χ0) is 14.9. The SMILES string of the molecule is CCC1CCc2nc(NC(=O)C3(N)CCOCC3)sc2C1. The third-order valence-corrected chi connectivity index (χ3v) is 5.71. The minimum Gasteiger partial charge on any atom is -0.381 e. The lowest BCUT2D eigenvalue weighted by Gasteiger charge is -2.31. The lowest BCUT2D eigenvalue weighted by molar-refractivity contribution is -0.124. The summed E-state index contributed by atoms with van der Waals surface area (Å²) in [4.78, 5) is 18.3. The molecule has 5 nitrogen and oxygen atoms in total. The van der Waals surface area contributed by atoms with Gasteiger partial charge < -0.3 is 15.8 Å². The Morgan fingerprint density at radius 2 is 2.29 bits per heavy atom. The molecule has 3 rings (SSSR count). The Kier molecular flexibility index (Phi) is 4.28. The smallest absolute Gasteiger partial charge is 0.246 e. The highest BCUT2D eigenvalue weighted by atomic mass is 32.1. The molecule has 0 aromatic carbocycles. The highest BCUT2D eigenvalue weighted by Gasteiger charge is 2.36. The molecule has 0 bridgehead atoms. The lowest BCUT2D eigenvalue weighted by atomic mass is 9.89. The zero-order valence-corrected chi connectivity index (χ0v) is 13.3. The number of fused-ring (bicyclic) bond motifs is 1. The van der Waals surface area contributed by atoms with Crippen LogP contribution >= 0.6 is 11.3 Å². The van der Waals surface area contributed by atoms with Gasteiger partial charge in [-0.3, -0.25) is 4.79 Å². The maximum Gasteiger partial charge on any atom is 0.246 e. The van der Waals surface area contributed by atoms with E-state index in [1.807, 2.05) is 0 Å². The molecule has 1 atom stereocenters. The number of aryl methyl sites for hydroxylation is 1. The maximum absolute atomic E-state index is 12.4. The van der Waals surface area contributed by atoms with Crippen molar-refractivity contribution >= 4 is 22.4 Å². The fraction of sp³-hybridized carbons (Fsp3) is 0.733. The van der Waals surface area contributed by atoms with Gasteiger partial charge in [0, 0.05) is 18.1 Å². The average Bonchev–Trinajstić information content (AvgIpc) is 2.89. The van der Waals surface area contributed by atoms with Gasteiger partial charge in [0.15, 0.2) is 5.13 Å². The van der Waals surface area contributed by atoms with E-state index in [9.17, 15) is 4.79 Å². The fourth-order valence-electron chi connectivity index (χ4n) is 3.03. The molecule has 3 N–H and O–H groups in total. The highest BCUT2D eigenvalue weighted by Crippen LogP contribution is 2.34. The van der Waals surface area contributed by atoms with Gasteiger partial charge in [-0.1, -0.05) is 13.3 Å². The summed E-state index contributed by atoms with van der Waals surface area (Å²) in [6.45, 7) is 3.34. The Balaban J connectivity index is 1.68. The number of amides is 1. The second-order valence-corrected chi connectivity index (χ2v) is 7.21. The third-order valence-electron chi connectivity index (χ3n) is 4.68. The number of anilines is 1. The van der Waals surface area contributed by atoms with Crippen molar-refractivity contribution < 1.29 is 9.53 Å². The van der Waals surface area contributed by atoms with Gasteiger partial charge in [0.1, 0.15) is 5.54 Å². The van der Waals surface area contributed by atoms with Crippen molar-refractivity contribution in [3.8, 4) is 0 Å². The Morgan fingerprint density at radius 1 is 1.52 bits per heavy atom. The Bertz CT molecular complexity index is 523. The quantitative estimate of drug-likeness (QED) is 0.896. The highest BCUT2D eigenvalue weighted by molar-refractivity contribution is 7.15. The number of carbonyl (C=O) groups is 1. The summed E-state index contributed by atoms with van der Waals surface area (Å²) in [5.41, 5.74) is 6.56. The average molecular weight is 309 g/mol. The van der Waals surface area contributed by atoms with Crippen LogP contribution in [-0.4, -0.2) is 29.6 Å². The van der Waals surface area contributed by atoms with E-state index in [1.165, 1.54) is 17.7 Å². The number of hydrogen-bond acceptors (Lipinski definition) is 5. The Labute approximate surface area is 129 Å². The molecule has 0 radical (unpaired) electrons. The zero-order valence-electron chi connectivity index (χ0n) is 12.5. The van der Waals surface area contributed by atoms with Crippen LogP contribution in [-0.2, 0) is 22.4 Å². The molecule has 1 aliphatic carbocycles. The molecule has 1 fully saturated rings. The molecule has 1 aromatic heterocycles. The normalized spacial score (nSPS) is 24.4. The number of hydrogen-bond donors (Lipinski definition) is 2. The molecule has 1 unspecified atom stereocenters. The van der Waals surface area contributed by atoms with Gasteiger partial charge in [-0.25, -0.2) is 4.98 Å². The first-order valence-corrected chi connectivity index (χ1v) is 8.59. The fourth-order valence-corrected chi connectivity index (χ4v) is 4.15. The maximum atomic E-state index is 12.4. The van der Waals surface area contributed by atoms with E-state index < -0.39 is 5.54 Å². The van der Waals surface area contributed by atoms with Crippen LogP contribution in [0.3, 0.4) is 0 Å². The van der Waals surface area contributed by atoms with Gasteiger partial charge >= 0.3 is 0 Å². The molecule has 1 aromatic rings. The minimum absolute atomic E-state index is 0.121. The van der Waals surface area contributed by atoms with Crippen LogP contribution in [0, 0.1) is 5.92 Å². The van der Waals surface area contributed by atoms with Gasteiger partial charge in [-0.2, -0.15) is 0 Å². The number of carbonyl (C=O) groups excluding carboxylic acids is 1. The van der Waals surface area contributed by atoms with E-state index in [2.05, 4.69) is 17.2 Å². The predicted octanol–water partition coefficient (Wildman–Crippen LogP) is 2.10. The van der Waals surface area contributed by atoms with Crippen LogP contribution in [0.5, 0.6) is 0 Å². The summed E-state index contributed by atoms with van der Waals surface area (Å²) in [7, 11) is 0. The van der Waals surface area contributed by atoms with Gasteiger partial charge in [-0.05, 0) is 38.0 Å². The molecule has 1 aliphatic heterocycles. The monoisotopic (exact) mass is 309 g/mol. The number of aromatic nitrogens is 1. The molecule has 2 aliphatic rings. The first-order chi connectivity index (χ1) is 10.1. The topological polar surface area (TPSA) is 77.2 Å². The summed E-state index contributed by atoms with van der Waals surface area (Å²) in [6.07, 6.45) is 5.69. The Morgan fingerprint density at radius 3 is 3.00 bits per heavy atom.